The van der Waals surface area contributed by atoms with Crippen molar-refractivity contribution in [3.05, 3.63) is 24.3 Å². The number of sulfonamides is 1. The fourth-order valence-corrected chi connectivity index (χ4v) is 4.05. The van der Waals surface area contributed by atoms with Gasteiger partial charge < -0.3 is 5.32 Å². The molecule has 3 rings (SSSR count). The van der Waals surface area contributed by atoms with Crippen molar-refractivity contribution in [2.45, 2.75) is 23.9 Å². The van der Waals surface area contributed by atoms with E-state index < -0.39 is 22.1 Å². The van der Waals surface area contributed by atoms with Crippen LogP contribution in [-0.2, 0) is 10.0 Å². The second-order valence-corrected chi connectivity index (χ2v) is 7.32. The van der Waals surface area contributed by atoms with Crippen molar-refractivity contribution in [3.8, 4) is 0 Å². The van der Waals surface area contributed by atoms with E-state index in [-0.39, 0.29) is 30.2 Å². The van der Waals surface area contributed by atoms with Crippen molar-refractivity contribution in [2.75, 3.05) is 25.0 Å². The van der Waals surface area contributed by atoms with Gasteiger partial charge in [0.25, 0.3) is 10.0 Å². The molecule has 5 nitrogen and oxygen atoms in total. The van der Waals surface area contributed by atoms with Crippen LogP contribution in [0.2, 0.25) is 0 Å². The Morgan fingerprint density at radius 1 is 1.30 bits per heavy atom. The van der Waals surface area contributed by atoms with Crippen LogP contribution >= 0.6 is 0 Å². The lowest BCUT2D eigenvalue weighted by atomic mass is 9.97. The number of likely N-dealkylation sites (tertiary alicyclic amines) is 1. The van der Waals surface area contributed by atoms with Crippen molar-refractivity contribution < 1.29 is 21.6 Å². The summed E-state index contributed by atoms with van der Waals surface area (Å²) in [6.45, 7) is 0.418. The molecule has 1 atom stereocenters. The first-order valence-corrected chi connectivity index (χ1v) is 8.69. The number of para-hydroxylation sites is 1. The maximum Gasteiger partial charge on any atom is 0.393 e. The van der Waals surface area contributed by atoms with Crippen LogP contribution in [0, 0.1) is 5.92 Å². The SMILES string of the molecule is O=S1(=O)N=C(CN2CCC[C@H](C(F)(F)F)C2)Nc2ccccc21. The number of halogens is 3. The summed E-state index contributed by atoms with van der Waals surface area (Å²) >= 11 is 0. The van der Waals surface area contributed by atoms with E-state index in [2.05, 4.69) is 9.71 Å². The Hall–Kier alpha value is -1.61. The molecule has 0 saturated carbocycles. The third kappa shape index (κ3) is 3.50. The molecule has 0 amide bonds. The Morgan fingerprint density at radius 3 is 2.78 bits per heavy atom. The van der Waals surface area contributed by atoms with E-state index >= 15 is 0 Å². The summed E-state index contributed by atoms with van der Waals surface area (Å²) in [7, 11) is -3.81. The summed E-state index contributed by atoms with van der Waals surface area (Å²) in [5.41, 5.74) is 0.405. The van der Waals surface area contributed by atoms with Crippen molar-refractivity contribution in [2.24, 2.45) is 10.3 Å². The summed E-state index contributed by atoms with van der Waals surface area (Å²) in [6, 6.07) is 6.33. The predicted octanol–water partition coefficient (Wildman–Crippen LogP) is 2.47. The number of piperidine rings is 1. The van der Waals surface area contributed by atoms with E-state index in [4.69, 9.17) is 0 Å². The van der Waals surface area contributed by atoms with Gasteiger partial charge in [-0.05, 0) is 31.5 Å². The van der Waals surface area contributed by atoms with Crippen molar-refractivity contribution in [1.29, 1.82) is 0 Å². The first-order valence-electron chi connectivity index (χ1n) is 7.25. The predicted molar refractivity (Wildman–Crippen MR) is 79.9 cm³/mol. The molecular formula is C14H16F3N3O2S. The molecule has 1 N–H and O–H groups in total. The molecular weight excluding hydrogens is 331 g/mol. The quantitative estimate of drug-likeness (QED) is 0.893. The lowest BCUT2D eigenvalue weighted by molar-refractivity contribution is -0.186. The minimum absolute atomic E-state index is 0.0557. The summed E-state index contributed by atoms with van der Waals surface area (Å²) in [5.74, 6) is -1.21. The number of benzene rings is 1. The van der Waals surface area contributed by atoms with Crippen molar-refractivity contribution >= 4 is 21.5 Å². The van der Waals surface area contributed by atoms with E-state index in [1.54, 1.807) is 23.1 Å². The first kappa shape index (κ1) is 16.3. The number of anilines is 1. The molecule has 1 saturated heterocycles. The fourth-order valence-electron chi connectivity index (χ4n) is 2.91. The highest BCUT2D eigenvalue weighted by Crippen LogP contribution is 2.33. The van der Waals surface area contributed by atoms with Crippen LogP contribution < -0.4 is 5.32 Å². The van der Waals surface area contributed by atoms with Gasteiger partial charge in [0.1, 0.15) is 10.7 Å². The molecule has 0 aromatic heterocycles. The fraction of sp³-hybridized carbons (Fsp3) is 0.500. The highest BCUT2D eigenvalue weighted by molar-refractivity contribution is 7.90. The molecule has 126 valence electrons. The van der Waals surface area contributed by atoms with Crippen LogP contribution in [0.15, 0.2) is 33.6 Å². The molecule has 1 aromatic rings. The summed E-state index contributed by atoms with van der Waals surface area (Å²) < 4.78 is 66.5. The smallest absolute Gasteiger partial charge is 0.341 e. The van der Waals surface area contributed by atoms with Crippen LogP contribution in [0.5, 0.6) is 0 Å². The monoisotopic (exact) mass is 347 g/mol. The van der Waals surface area contributed by atoms with Gasteiger partial charge in [-0.2, -0.15) is 21.6 Å². The molecule has 0 spiro atoms. The number of alkyl halides is 3. The minimum atomic E-state index is -4.22. The highest BCUT2D eigenvalue weighted by Gasteiger charge is 2.42. The van der Waals surface area contributed by atoms with E-state index in [1.165, 1.54) is 6.07 Å². The molecule has 2 aliphatic heterocycles. The topological polar surface area (TPSA) is 61.8 Å². The van der Waals surface area contributed by atoms with Crippen molar-refractivity contribution in [1.82, 2.24) is 4.90 Å². The Kier molecular flexibility index (Phi) is 4.09. The van der Waals surface area contributed by atoms with Gasteiger partial charge in [0.15, 0.2) is 0 Å². The first-order chi connectivity index (χ1) is 10.8. The average molecular weight is 347 g/mol. The minimum Gasteiger partial charge on any atom is -0.341 e. The summed E-state index contributed by atoms with van der Waals surface area (Å²) in [4.78, 5) is 1.67. The largest absolute Gasteiger partial charge is 0.393 e. The molecule has 0 bridgehead atoms. The number of hydrogen-bond acceptors (Lipinski definition) is 4. The molecule has 1 aromatic carbocycles. The van der Waals surface area contributed by atoms with Gasteiger partial charge in [0.05, 0.1) is 18.2 Å². The Labute approximate surface area is 132 Å². The molecule has 0 radical (unpaired) electrons. The third-order valence-electron chi connectivity index (χ3n) is 4.02. The zero-order chi connectivity index (χ0) is 16.7. The van der Waals surface area contributed by atoms with Crippen LogP contribution in [0.3, 0.4) is 0 Å². The van der Waals surface area contributed by atoms with Crippen molar-refractivity contribution in [3.63, 3.8) is 0 Å². The molecule has 0 aliphatic carbocycles. The lowest BCUT2D eigenvalue weighted by Crippen LogP contribution is -2.45. The molecule has 0 unspecified atom stereocenters. The number of nitrogens with zero attached hydrogens (tertiary/aromatic N) is 2. The van der Waals surface area contributed by atoms with Crippen LogP contribution in [0.1, 0.15) is 12.8 Å². The number of amidine groups is 1. The standard InChI is InChI=1S/C14H16F3N3O2S/c15-14(16,17)10-4-3-7-20(8-10)9-13-18-11-5-1-2-6-12(11)23(21,22)19-13/h1-2,5-6,10H,3-4,7-9H2,(H,18,19)/t10-/m0/s1. The van der Waals surface area contributed by atoms with E-state index in [9.17, 15) is 21.6 Å². The van der Waals surface area contributed by atoms with Crippen LogP contribution in [0.25, 0.3) is 0 Å². The van der Waals surface area contributed by atoms with E-state index in [1.807, 2.05) is 0 Å². The Morgan fingerprint density at radius 2 is 2.04 bits per heavy atom. The second kappa shape index (κ2) is 5.79. The van der Waals surface area contributed by atoms with E-state index in [0.29, 0.717) is 18.7 Å². The maximum absolute atomic E-state index is 12.8. The summed E-state index contributed by atoms with van der Waals surface area (Å²) in [6.07, 6.45) is -3.68. The van der Waals surface area contributed by atoms with Crippen LogP contribution in [-0.4, -0.2) is 45.0 Å². The molecule has 1 fully saturated rings. The molecule has 23 heavy (non-hydrogen) atoms. The van der Waals surface area contributed by atoms with E-state index in [0.717, 1.165) is 0 Å². The van der Waals surface area contributed by atoms with Gasteiger partial charge >= 0.3 is 6.18 Å². The lowest BCUT2D eigenvalue weighted by Gasteiger charge is -2.34. The van der Waals surface area contributed by atoms with Gasteiger partial charge in [-0.1, -0.05) is 12.1 Å². The molecule has 2 aliphatic rings. The average Bonchev–Trinajstić information content (AvgIpc) is 2.46. The number of rotatable bonds is 2. The highest BCUT2D eigenvalue weighted by atomic mass is 32.2. The van der Waals surface area contributed by atoms with Gasteiger partial charge in [0.2, 0.25) is 0 Å². The zero-order valence-electron chi connectivity index (χ0n) is 12.2. The van der Waals surface area contributed by atoms with Crippen LogP contribution in [0.4, 0.5) is 18.9 Å². The third-order valence-corrected chi connectivity index (χ3v) is 5.39. The molecule has 9 heteroatoms. The van der Waals surface area contributed by atoms with Gasteiger partial charge in [0, 0.05) is 6.54 Å². The number of fused-ring (bicyclic) bond motifs is 1. The summed E-state index contributed by atoms with van der Waals surface area (Å²) in [5, 5.41) is 2.90. The Bertz CT molecular complexity index is 731. The zero-order valence-corrected chi connectivity index (χ0v) is 13.0. The van der Waals surface area contributed by atoms with Gasteiger partial charge in [-0.3, -0.25) is 4.90 Å². The molecule has 2 heterocycles. The number of hydrogen-bond donors (Lipinski definition) is 1. The number of nitrogens with one attached hydrogen (secondary N) is 1. The van der Waals surface area contributed by atoms with Gasteiger partial charge in [-0.15, -0.1) is 4.40 Å². The second-order valence-electron chi connectivity index (χ2n) is 5.75. The maximum atomic E-state index is 12.8. The normalized spacial score (nSPS) is 24.5. The Balaban J connectivity index is 1.76. The van der Waals surface area contributed by atoms with Gasteiger partial charge in [-0.25, -0.2) is 0 Å².